The zero-order chi connectivity index (χ0) is 25.1. The second kappa shape index (κ2) is 10.5. The number of carbonyl (C=O) groups is 4. The van der Waals surface area contributed by atoms with Gasteiger partial charge in [0.25, 0.3) is 0 Å². The highest BCUT2D eigenvalue weighted by molar-refractivity contribution is 6.22. The minimum atomic E-state index is -2.13. The molecule has 6 atom stereocenters. The van der Waals surface area contributed by atoms with Crippen LogP contribution in [0.3, 0.4) is 0 Å². The molecule has 33 heavy (non-hydrogen) atoms. The summed E-state index contributed by atoms with van der Waals surface area (Å²) in [4.78, 5) is 50.0. The number of carbonyl (C=O) groups excluding carboxylic acids is 4. The number of hydrogen-bond donors (Lipinski definition) is 1. The Bertz CT molecular complexity index is 900. The highest BCUT2D eigenvalue weighted by Crippen LogP contribution is 2.38. The van der Waals surface area contributed by atoms with E-state index in [9.17, 15) is 24.3 Å². The number of methoxy groups -OCH3 is 1. The number of ether oxygens (including phenoxy) is 4. The van der Waals surface area contributed by atoms with Crippen molar-refractivity contribution >= 4 is 35.5 Å². The lowest BCUT2D eigenvalue weighted by atomic mass is 9.83. The zero-order valence-electron chi connectivity index (χ0n) is 19.3. The summed E-state index contributed by atoms with van der Waals surface area (Å²) in [5.41, 5.74) is -1.39. The largest absolute Gasteiger partial charge is 0.466 e. The Balaban J connectivity index is 2.72. The summed E-state index contributed by atoms with van der Waals surface area (Å²) in [5.74, 6) is -4.47. The Hall–Kier alpha value is -2.65. The van der Waals surface area contributed by atoms with Crippen molar-refractivity contribution in [2.45, 2.75) is 69.8 Å². The standard InChI is InChI=1S/C23H29ClO9/c1-11-8-7-9-15(21(27)30-6)18(31-14(4)25)19(33-22(28)23(5,29)13(3)24)17-12(2)20(26)32-16(17)10-11/h9-10,13,16-19,29H,2,7-8H2,1,3-6H3/b11-10+,15-9-/t13?,16-,17+,18+,19+,23?/m1/s1. The quantitative estimate of drug-likeness (QED) is 0.205. The van der Waals surface area contributed by atoms with Gasteiger partial charge in [-0.3, -0.25) is 4.79 Å². The van der Waals surface area contributed by atoms with Crippen molar-refractivity contribution in [3.8, 4) is 0 Å². The first-order valence-electron chi connectivity index (χ1n) is 10.4. The van der Waals surface area contributed by atoms with E-state index in [0.717, 1.165) is 26.5 Å². The third-order valence-electron chi connectivity index (χ3n) is 5.72. The molecule has 2 unspecified atom stereocenters. The molecule has 1 saturated heterocycles. The number of halogens is 1. The fourth-order valence-electron chi connectivity index (χ4n) is 3.60. The number of rotatable bonds is 5. The number of esters is 4. The normalized spacial score (nSPS) is 31.4. The number of allylic oxidation sites excluding steroid dienone is 2. The summed E-state index contributed by atoms with van der Waals surface area (Å²) in [6, 6.07) is 0. The van der Waals surface area contributed by atoms with E-state index < -0.39 is 59.1 Å². The van der Waals surface area contributed by atoms with Gasteiger partial charge in [-0.1, -0.05) is 18.2 Å². The van der Waals surface area contributed by atoms with E-state index in [1.807, 2.05) is 6.92 Å². The van der Waals surface area contributed by atoms with Crippen LogP contribution in [0.1, 0.15) is 40.5 Å². The fraction of sp³-hybridized carbons (Fsp3) is 0.565. The molecule has 0 saturated carbocycles. The summed E-state index contributed by atoms with van der Waals surface area (Å²) in [6.45, 7) is 9.28. The van der Waals surface area contributed by atoms with Gasteiger partial charge in [-0.05, 0) is 39.7 Å². The molecule has 9 nitrogen and oxygen atoms in total. The van der Waals surface area contributed by atoms with Crippen molar-refractivity contribution in [2.24, 2.45) is 5.92 Å². The van der Waals surface area contributed by atoms with Crippen LogP contribution in [0.5, 0.6) is 0 Å². The van der Waals surface area contributed by atoms with Crippen LogP contribution in [0.25, 0.3) is 0 Å². The molecular weight excluding hydrogens is 456 g/mol. The van der Waals surface area contributed by atoms with Crippen molar-refractivity contribution in [3.63, 3.8) is 0 Å². The molecule has 1 aliphatic carbocycles. The summed E-state index contributed by atoms with van der Waals surface area (Å²) < 4.78 is 21.4. The van der Waals surface area contributed by atoms with Crippen molar-refractivity contribution < 1.29 is 43.2 Å². The second-order valence-corrected chi connectivity index (χ2v) is 8.94. The van der Waals surface area contributed by atoms with Gasteiger partial charge in [-0.15, -0.1) is 11.6 Å². The summed E-state index contributed by atoms with van der Waals surface area (Å²) >= 11 is 5.96. The van der Waals surface area contributed by atoms with E-state index in [-0.39, 0.29) is 11.1 Å². The number of aliphatic hydroxyl groups is 1. The van der Waals surface area contributed by atoms with Gasteiger partial charge in [0.15, 0.2) is 17.8 Å². The first kappa shape index (κ1) is 26.6. The molecule has 0 radical (unpaired) electrons. The summed E-state index contributed by atoms with van der Waals surface area (Å²) in [5, 5.41) is 9.51. The van der Waals surface area contributed by atoms with Crippen molar-refractivity contribution in [2.75, 3.05) is 7.11 Å². The Morgan fingerprint density at radius 3 is 2.52 bits per heavy atom. The third kappa shape index (κ3) is 5.83. The van der Waals surface area contributed by atoms with Gasteiger partial charge in [0, 0.05) is 12.5 Å². The molecule has 0 aromatic heterocycles. The van der Waals surface area contributed by atoms with Crippen molar-refractivity contribution in [1.82, 2.24) is 0 Å². The Kier molecular flexibility index (Phi) is 8.48. The van der Waals surface area contributed by atoms with E-state index in [0.29, 0.717) is 12.8 Å². The van der Waals surface area contributed by atoms with Gasteiger partial charge >= 0.3 is 23.9 Å². The SMILES string of the molecule is C=C1C(=O)O[C@@H]2/C=C(\C)CC/C=C(\C(=O)OC)[C@H](OC(C)=O)[C@@H](OC(=O)C(C)(O)C(C)Cl)[C@@H]12. The molecule has 2 rings (SSSR count). The van der Waals surface area contributed by atoms with E-state index in [1.165, 1.54) is 13.0 Å². The Morgan fingerprint density at radius 1 is 1.33 bits per heavy atom. The molecule has 1 N–H and O–H groups in total. The average molecular weight is 485 g/mol. The van der Waals surface area contributed by atoms with Crippen LogP contribution < -0.4 is 0 Å². The number of hydrogen-bond acceptors (Lipinski definition) is 9. The van der Waals surface area contributed by atoms with E-state index in [1.54, 1.807) is 6.08 Å². The first-order valence-corrected chi connectivity index (χ1v) is 10.8. The van der Waals surface area contributed by atoms with Gasteiger partial charge in [-0.25, -0.2) is 14.4 Å². The topological polar surface area (TPSA) is 125 Å². The molecule has 0 spiro atoms. The van der Waals surface area contributed by atoms with E-state index in [2.05, 4.69) is 6.58 Å². The maximum absolute atomic E-state index is 12.9. The van der Waals surface area contributed by atoms with Gasteiger partial charge in [0.1, 0.15) is 6.10 Å². The lowest BCUT2D eigenvalue weighted by Crippen LogP contribution is -2.51. The van der Waals surface area contributed by atoms with Crippen LogP contribution in [0, 0.1) is 5.92 Å². The van der Waals surface area contributed by atoms with Gasteiger partial charge in [-0.2, -0.15) is 0 Å². The van der Waals surface area contributed by atoms with E-state index in [4.69, 9.17) is 30.5 Å². The summed E-state index contributed by atoms with van der Waals surface area (Å²) in [7, 11) is 1.16. The lowest BCUT2D eigenvalue weighted by Gasteiger charge is -2.35. The number of alkyl halides is 1. The first-order chi connectivity index (χ1) is 15.3. The monoisotopic (exact) mass is 484 g/mol. The molecule has 1 fully saturated rings. The smallest absolute Gasteiger partial charge is 0.339 e. The Labute approximate surface area is 197 Å². The Morgan fingerprint density at radius 2 is 1.97 bits per heavy atom. The minimum absolute atomic E-state index is 0.0395. The second-order valence-electron chi connectivity index (χ2n) is 8.29. The van der Waals surface area contributed by atoms with Crippen LogP contribution in [-0.4, -0.2) is 65.4 Å². The van der Waals surface area contributed by atoms with Crippen LogP contribution in [0.15, 0.2) is 35.5 Å². The highest BCUT2D eigenvalue weighted by Gasteiger charge is 2.52. The molecule has 0 amide bonds. The molecule has 0 bridgehead atoms. The lowest BCUT2D eigenvalue weighted by molar-refractivity contribution is -0.183. The molecule has 1 heterocycles. The molecule has 182 valence electrons. The van der Waals surface area contributed by atoms with Crippen LogP contribution in [-0.2, 0) is 38.1 Å². The van der Waals surface area contributed by atoms with Gasteiger partial charge in [0.05, 0.1) is 24.0 Å². The van der Waals surface area contributed by atoms with Gasteiger partial charge < -0.3 is 24.1 Å². The average Bonchev–Trinajstić information content (AvgIpc) is 2.99. The van der Waals surface area contributed by atoms with Crippen molar-refractivity contribution in [1.29, 1.82) is 0 Å². The molecule has 0 aromatic carbocycles. The van der Waals surface area contributed by atoms with Crippen LogP contribution in [0.2, 0.25) is 0 Å². The summed E-state index contributed by atoms with van der Waals surface area (Å²) in [6.07, 6.45) is 0.283. The predicted octanol–water partition coefficient (Wildman–Crippen LogP) is 2.15. The molecular formula is C23H29ClO9. The number of fused-ring (bicyclic) bond motifs is 1. The highest BCUT2D eigenvalue weighted by atomic mass is 35.5. The maximum Gasteiger partial charge on any atom is 0.339 e. The van der Waals surface area contributed by atoms with Crippen LogP contribution >= 0.6 is 11.6 Å². The zero-order valence-corrected chi connectivity index (χ0v) is 20.0. The third-order valence-corrected chi connectivity index (χ3v) is 6.14. The van der Waals surface area contributed by atoms with Crippen LogP contribution in [0.4, 0.5) is 0 Å². The van der Waals surface area contributed by atoms with Crippen molar-refractivity contribution in [3.05, 3.63) is 35.5 Å². The molecule has 1 aliphatic heterocycles. The molecule has 10 heteroatoms. The van der Waals surface area contributed by atoms with Gasteiger partial charge in [0.2, 0.25) is 0 Å². The fourth-order valence-corrected chi connectivity index (χ4v) is 3.69. The molecule has 0 aromatic rings. The minimum Gasteiger partial charge on any atom is -0.466 e. The van der Waals surface area contributed by atoms with E-state index >= 15 is 0 Å². The maximum atomic E-state index is 12.9. The molecule has 2 aliphatic rings. The predicted molar refractivity (Wildman–Crippen MR) is 117 cm³/mol.